The molecule has 1 unspecified atom stereocenters. The number of aromatic nitrogens is 1. The quantitative estimate of drug-likeness (QED) is 0.252. The Bertz CT molecular complexity index is 2000. The largest absolute Gasteiger partial charge is 0.469 e. The Labute approximate surface area is 311 Å². The molecule has 1 aromatic heterocycles. The first-order chi connectivity index (χ1) is 24.9. The molecule has 0 aromatic carbocycles. The monoisotopic (exact) mass is 708 g/mol. The highest BCUT2D eigenvalue weighted by atomic mass is 16.5. The van der Waals surface area contributed by atoms with E-state index in [2.05, 4.69) is 96.1 Å². The first kappa shape index (κ1) is 40.3. The van der Waals surface area contributed by atoms with Crippen LogP contribution in [0.2, 0.25) is 0 Å². The molecule has 0 saturated heterocycles. The highest BCUT2D eigenvalue weighted by Gasteiger charge is 2.34. The minimum Gasteiger partial charge on any atom is -0.469 e. The first-order valence-corrected chi connectivity index (χ1v) is 19.2. The molecular formula is C44H60N4O4. The van der Waals surface area contributed by atoms with Crippen LogP contribution in [-0.4, -0.2) is 47.0 Å². The van der Waals surface area contributed by atoms with E-state index in [1.54, 1.807) is 0 Å². The van der Waals surface area contributed by atoms with Crippen LogP contribution in [0.25, 0.3) is 12.2 Å². The lowest BCUT2D eigenvalue weighted by Crippen LogP contribution is -2.42. The Morgan fingerprint density at radius 1 is 0.750 bits per heavy atom. The minimum absolute atomic E-state index is 0.117. The van der Waals surface area contributed by atoms with E-state index in [-0.39, 0.29) is 24.5 Å². The standard InChI is InChI=1S/C39H46N4O4.C3H8.C2H6/c1-10-27-22(4)31-18-37-28(11-2)24(6)35-17-30-23(5)29(13-15-39(45)47-9)33(41-30)20-36-26(12-14-38(44)46-8)16-21(3)34(19-32(27)40-31)42(36)25(7)43(35)37;1-3-2;1-2/h17-20,25H,10-16H2,1-9H3;3H2,1-2H3;1-2H3. The molecule has 0 fully saturated rings. The van der Waals surface area contributed by atoms with Gasteiger partial charge in [-0.15, -0.1) is 0 Å². The summed E-state index contributed by atoms with van der Waals surface area (Å²) in [5, 5.41) is 2.28. The summed E-state index contributed by atoms with van der Waals surface area (Å²) in [6.45, 7) is 23.7. The van der Waals surface area contributed by atoms with Gasteiger partial charge in [0.05, 0.1) is 37.0 Å². The maximum Gasteiger partial charge on any atom is 0.305 e. The van der Waals surface area contributed by atoms with E-state index >= 15 is 0 Å². The number of hydrogen-bond acceptors (Lipinski definition) is 7. The number of ether oxygens (including phenoxy) is 2. The summed E-state index contributed by atoms with van der Waals surface area (Å²) in [6, 6.07) is 0. The molecule has 1 aromatic rings. The predicted molar refractivity (Wildman–Crippen MR) is 214 cm³/mol. The van der Waals surface area contributed by atoms with Crippen molar-refractivity contribution in [2.24, 2.45) is 9.98 Å². The van der Waals surface area contributed by atoms with E-state index in [0.717, 1.165) is 80.9 Å². The van der Waals surface area contributed by atoms with E-state index in [4.69, 9.17) is 19.5 Å². The molecule has 6 rings (SSSR count). The molecule has 0 aliphatic carbocycles. The van der Waals surface area contributed by atoms with Crippen LogP contribution in [0.15, 0.2) is 78.4 Å². The zero-order valence-electron chi connectivity index (χ0n) is 34.0. The van der Waals surface area contributed by atoms with Crippen LogP contribution < -0.4 is 10.7 Å². The van der Waals surface area contributed by atoms with Gasteiger partial charge in [0, 0.05) is 34.9 Å². The van der Waals surface area contributed by atoms with E-state index in [1.165, 1.54) is 48.5 Å². The fourth-order valence-corrected chi connectivity index (χ4v) is 7.83. The average molecular weight is 709 g/mol. The van der Waals surface area contributed by atoms with Gasteiger partial charge in [-0.05, 0) is 136 Å². The second-order valence-electron chi connectivity index (χ2n) is 13.7. The number of aliphatic imine (C=N–C) groups is 2. The van der Waals surface area contributed by atoms with Crippen molar-refractivity contribution in [2.75, 3.05) is 14.2 Å². The Morgan fingerprint density at radius 3 is 1.83 bits per heavy atom. The van der Waals surface area contributed by atoms with Crippen molar-refractivity contribution in [2.45, 2.75) is 134 Å². The maximum absolute atomic E-state index is 12.5. The first-order valence-electron chi connectivity index (χ1n) is 19.2. The molecule has 8 heteroatoms. The highest BCUT2D eigenvalue weighted by molar-refractivity contribution is 6.24. The van der Waals surface area contributed by atoms with Gasteiger partial charge < -0.3 is 18.9 Å². The molecule has 0 saturated carbocycles. The average Bonchev–Trinajstić information content (AvgIpc) is 3.70. The lowest BCUT2D eigenvalue weighted by atomic mass is 9.91. The maximum atomic E-state index is 12.5. The van der Waals surface area contributed by atoms with Gasteiger partial charge in [-0.3, -0.25) is 9.59 Å². The van der Waals surface area contributed by atoms with Crippen LogP contribution in [0.1, 0.15) is 131 Å². The van der Waals surface area contributed by atoms with Crippen LogP contribution >= 0.6 is 0 Å². The third-order valence-corrected chi connectivity index (χ3v) is 10.4. The molecule has 8 nitrogen and oxygen atoms in total. The molecule has 5 aliphatic rings. The summed E-state index contributed by atoms with van der Waals surface area (Å²) in [6.07, 6.45) is 14.2. The number of methoxy groups -OCH3 is 2. The molecule has 6 bridgehead atoms. The van der Waals surface area contributed by atoms with Crippen molar-refractivity contribution in [1.29, 1.82) is 0 Å². The van der Waals surface area contributed by atoms with Gasteiger partial charge in [-0.1, -0.05) is 48.0 Å². The number of hydrogen-bond donors (Lipinski definition) is 0. The smallest absolute Gasteiger partial charge is 0.305 e. The minimum atomic E-state index is -0.243. The Morgan fingerprint density at radius 2 is 1.27 bits per heavy atom. The fraction of sp³-hybridized carbons (Fsp3) is 0.500. The van der Waals surface area contributed by atoms with Crippen LogP contribution in [0, 0.1) is 6.92 Å². The summed E-state index contributed by atoms with van der Waals surface area (Å²) >= 11 is 0. The summed E-state index contributed by atoms with van der Waals surface area (Å²) in [7, 11) is 2.87. The van der Waals surface area contributed by atoms with Gasteiger partial charge in [-0.25, -0.2) is 9.98 Å². The zero-order valence-corrected chi connectivity index (χ0v) is 34.0. The van der Waals surface area contributed by atoms with Crippen molar-refractivity contribution in [1.82, 2.24) is 9.47 Å². The third-order valence-electron chi connectivity index (χ3n) is 10.4. The number of fused-ring (bicyclic) bond motifs is 2. The van der Waals surface area contributed by atoms with E-state index in [0.29, 0.717) is 19.3 Å². The number of allylic oxidation sites excluding steroid dienone is 8. The topological polar surface area (TPSA) is 85.5 Å². The number of carbonyl (C=O) groups excluding carboxylic acids is 2. The Balaban J connectivity index is 0.00000115. The lowest BCUT2D eigenvalue weighted by molar-refractivity contribution is -0.141. The van der Waals surface area contributed by atoms with Crippen molar-refractivity contribution < 1.29 is 19.1 Å². The van der Waals surface area contributed by atoms with E-state index < -0.39 is 0 Å². The molecule has 0 amide bonds. The molecule has 0 spiro atoms. The molecule has 1 atom stereocenters. The predicted octanol–water partition coefficient (Wildman–Crippen LogP) is 8.77. The molecule has 0 N–H and O–H groups in total. The fourth-order valence-electron chi connectivity index (χ4n) is 7.83. The van der Waals surface area contributed by atoms with Gasteiger partial charge in [-0.2, -0.15) is 0 Å². The van der Waals surface area contributed by atoms with E-state index in [1.807, 2.05) is 13.8 Å². The van der Waals surface area contributed by atoms with Crippen molar-refractivity contribution in [3.8, 4) is 0 Å². The summed E-state index contributed by atoms with van der Waals surface area (Å²) < 4.78 is 12.6. The summed E-state index contributed by atoms with van der Waals surface area (Å²) in [4.78, 5) is 37.7. The number of esters is 2. The van der Waals surface area contributed by atoms with E-state index in [9.17, 15) is 9.59 Å². The van der Waals surface area contributed by atoms with Crippen LogP contribution in [-0.2, 0) is 25.5 Å². The highest BCUT2D eigenvalue weighted by Crippen LogP contribution is 2.43. The molecule has 280 valence electrons. The summed E-state index contributed by atoms with van der Waals surface area (Å²) in [5.41, 5.74) is 15.5. The van der Waals surface area contributed by atoms with Gasteiger partial charge in [0.2, 0.25) is 0 Å². The molecule has 6 heterocycles. The SMILES string of the molecule is CC.CCC.CCC1=C(C)C2=NC1=CC1=C(C)CC(CCC(=O)OC)=C3C=C4N=C(C=c5c(C)c(CC)c(n5C(C)N13)=C2)C(C)=C4CCC(=O)OC. The normalized spacial score (nSPS) is 18.6. The van der Waals surface area contributed by atoms with Gasteiger partial charge >= 0.3 is 11.9 Å². The van der Waals surface area contributed by atoms with Crippen molar-refractivity contribution >= 4 is 35.5 Å². The number of nitrogens with zero attached hydrogens (tertiary/aromatic N) is 4. The van der Waals surface area contributed by atoms with Crippen LogP contribution in [0.4, 0.5) is 0 Å². The van der Waals surface area contributed by atoms with Gasteiger partial charge in [0.15, 0.2) is 0 Å². The molecular weight excluding hydrogens is 649 g/mol. The van der Waals surface area contributed by atoms with Crippen molar-refractivity contribution in [3.05, 3.63) is 90.2 Å². The zero-order chi connectivity index (χ0) is 38.4. The van der Waals surface area contributed by atoms with Gasteiger partial charge in [0.25, 0.3) is 0 Å². The molecule has 52 heavy (non-hydrogen) atoms. The lowest BCUT2D eigenvalue weighted by Gasteiger charge is -2.40. The van der Waals surface area contributed by atoms with Crippen LogP contribution in [0.5, 0.6) is 0 Å². The third kappa shape index (κ3) is 7.53. The molecule has 0 radical (unpaired) electrons. The van der Waals surface area contributed by atoms with Gasteiger partial charge in [0.1, 0.15) is 6.17 Å². The Hall–Kier alpha value is -4.46. The molecule has 5 aliphatic heterocycles. The summed E-state index contributed by atoms with van der Waals surface area (Å²) in [5.74, 6) is -0.472. The van der Waals surface area contributed by atoms with Crippen molar-refractivity contribution in [3.63, 3.8) is 0 Å². The Kier molecular flexibility index (Phi) is 13.5. The number of carbonyl (C=O) groups is 2. The number of rotatable bonds is 8. The second kappa shape index (κ2) is 17.4. The van der Waals surface area contributed by atoms with Crippen LogP contribution in [0.3, 0.4) is 0 Å². The second-order valence-corrected chi connectivity index (χ2v) is 13.7.